The van der Waals surface area contributed by atoms with E-state index in [0.717, 1.165) is 0 Å². The van der Waals surface area contributed by atoms with Gasteiger partial charge in [-0.05, 0) is 36.7 Å². The second-order valence-corrected chi connectivity index (χ2v) is 2.93. The number of hydrogen-bond acceptors (Lipinski definition) is 1. The molecule has 0 radical (unpaired) electrons. The van der Waals surface area contributed by atoms with Crippen LogP contribution in [0.5, 0.6) is 0 Å². The molecule has 0 saturated carbocycles. The van der Waals surface area contributed by atoms with Crippen LogP contribution in [0.4, 0.5) is 0 Å². The molecule has 0 heterocycles. The average Bonchev–Trinajstić information content (AvgIpc) is 2.05. The lowest BCUT2D eigenvalue weighted by atomic mass is 10.0. The van der Waals surface area contributed by atoms with E-state index in [1.807, 2.05) is 13.2 Å². The van der Waals surface area contributed by atoms with E-state index in [-0.39, 0.29) is 0 Å². The molecule has 12 heavy (non-hydrogen) atoms. The maximum atomic E-state index is 3.03. The van der Waals surface area contributed by atoms with Crippen LogP contribution < -0.4 is 5.32 Å². The fraction of sp³-hybridized carbons (Fsp3) is 0.273. The number of hydrogen-bond donors (Lipinski definition) is 1. The van der Waals surface area contributed by atoms with Crippen molar-refractivity contribution in [2.24, 2.45) is 0 Å². The van der Waals surface area contributed by atoms with E-state index in [1.54, 1.807) is 0 Å². The monoisotopic (exact) mass is 161 g/mol. The van der Waals surface area contributed by atoms with Crippen molar-refractivity contribution in [2.75, 3.05) is 7.05 Å². The van der Waals surface area contributed by atoms with Crippen molar-refractivity contribution in [3.8, 4) is 0 Å². The molecule has 1 aromatic rings. The lowest BCUT2D eigenvalue weighted by Crippen LogP contribution is -1.95. The summed E-state index contributed by atoms with van der Waals surface area (Å²) in [5, 5.41) is 3.03. The standard InChI is InChI=1S/C11H15N/c1-9-6-4-5-7-11(9)10(2)8-12-3/h4-8,12H,1-3H3/b10-8-. The first-order chi connectivity index (χ1) is 5.75. The Bertz CT molecular complexity index is 287. The van der Waals surface area contributed by atoms with E-state index < -0.39 is 0 Å². The Morgan fingerprint density at radius 2 is 2.00 bits per heavy atom. The zero-order valence-corrected chi connectivity index (χ0v) is 7.89. The van der Waals surface area contributed by atoms with Crippen molar-refractivity contribution in [2.45, 2.75) is 13.8 Å². The van der Waals surface area contributed by atoms with Gasteiger partial charge in [-0.3, -0.25) is 0 Å². The van der Waals surface area contributed by atoms with Gasteiger partial charge in [-0.15, -0.1) is 0 Å². The maximum Gasteiger partial charge on any atom is 0.00278 e. The molecular weight excluding hydrogens is 146 g/mol. The van der Waals surface area contributed by atoms with E-state index in [9.17, 15) is 0 Å². The van der Waals surface area contributed by atoms with Gasteiger partial charge >= 0.3 is 0 Å². The van der Waals surface area contributed by atoms with Gasteiger partial charge in [0.1, 0.15) is 0 Å². The minimum atomic E-state index is 1.27. The molecule has 1 heteroatoms. The van der Waals surface area contributed by atoms with Crippen LogP contribution in [0.2, 0.25) is 0 Å². The van der Waals surface area contributed by atoms with Gasteiger partial charge in [0.25, 0.3) is 0 Å². The van der Waals surface area contributed by atoms with E-state index in [0.29, 0.717) is 0 Å². The predicted molar refractivity (Wildman–Crippen MR) is 53.9 cm³/mol. The normalized spacial score (nSPS) is 11.4. The number of allylic oxidation sites excluding steroid dienone is 1. The molecule has 1 nitrogen and oxygen atoms in total. The molecule has 0 aliphatic rings. The first-order valence-electron chi connectivity index (χ1n) is 4.15. The third-order valence-electron chi connectivity index (χ3n) is 1.93. The summed E-state index contributed by atoms with van der Waals surface area (Å²) in [4.78, 5) is 0. The molecule has 0 spiro atoms. The second-order valence-electron chi connectivity index (χ2n) is 2.93. The fourth-order valence-electron chi connectivity index (χ4n) is 1.31. The van der Waals surface area contributed by atoms with Gasteiger partial charge in [-0.1, -0.05) is 24.3 Å². The van der Waals surface area contributed by atoms with Gasteiger partial charge in [-0.2, -0.15) is 0 Å². The van der Waals surface area contributed by atoms with Crippen molar-refractivity contribution in [3.05, 3.63) is 41.6 Å². The number of rotatable bonds is 2. The van der Waals surface area contributed by atoms with Gasteiger partial charge < -0.3 is 5.32 Å². The van der Waals surface area contributed by atoms with Gasteiger partial charge in [0, 0.05) is 7.05 Å². The molecular formula is C11H15N. The van der Waals surface area contributed by atoms with Crippen LogP contribution in [0.3, 0.4) is 0 Å². The Labute approximate surface area is 74.1 Å². The molecule has 0 amide bonds. The highest BCUT2D eigenvalue weighted by Gasteiger charge is 1.96. The van der Waals surface area contributed by atoms with Gasteiger partial charge in [-0.25, -0.2) is 0 Å². The molecule has 0 aliphatic heterocycles. The predicted octanol–water partition coefficient (Wildman–Crippen LogP) is 2.58. The van der Waals surface area contributed by atoms with Crippen molar-refractivity contribution in [1.82, 2.24) is 5.32 Å². The molecule has 0 atom stereocenters. The zero-order valence-electron chi connectivity index (χ0n) is 7.89. The van der Waals surface area contributed by atoms with Crippen LogP contribution >= 0.6 is 0 Å². The third-order valence-corrected chi connectivity index (χ3v) is 1.93. The Hall–Kier alpha value is -1.24. The molecule has 0 saturated heterocycles. The largest absolute Gasteiger partial charge is 0.394 e. The van der Waals surface area contributed by atoms with Crippen molar-refractivity contribution < 1.29 is 0 Å². The Morgan fingerprint density at radius 3 is 2.58 bits per heavy atom. The van der Waals surface area contributed by atoms with E-state index in [4.69, 9.17) is 0 Å². The minimum Gasteiger partial charge on any atom is -0.394 e. The van der Waals surface area contributed by atoms with Crippen LogP contribution in [0.1, 0.15) is 18.1 Å². The Balaban J connectivity index is 3.02. The number of nitrogens with one attached hydrogen (secondary N) is 1. The number of aryl methyl sites for hydroxylation is 1. The quantitative estimate of drug-likeness (QED) is 0.703. The van der Waals surface area contributed by atoms with Crippen LogP contribution in [0.15, 0.2) is 30.5 Å². The fourth-order valence-corrected chi connectivity index (χ4v) is 1.31. The first kappa shape index (κ1) is 8.85. The Morgan fingerprint density at radius 1 is 1.33 bits per heavy atom. The van der Waals surface area contributed by atoms with Crippen LogP contribution in [-0.4, -0.2) is 7.05 Å². The van der Waals surface area contributed by atoms with E-state index in [1.165, 1.54) is 16.7 Å². The molecule has 0 aliphatic carbocycles. The van der Waals surface area contributed by atoms with Crippen molar-refractivity contribution in [1.29, 1.82) is 0 Å². The van der Waals surface area contributed by atoms with Crippen molar-refractivity contribution in [3.63, 3.8) is 0 Å². The summed E-state index contributed by atoms with van der Waals surface area (Å²) in [5.41, 5.74) is 3.91. The van der Waals surface area contributed by atoms with E-state index >= 15 is 0 Å². The highest BCUT2D eigenvalue weighted by Crippen LogP contribution is 2.16. The molecule has 1 N–H and O–H groups in total. The SMILES string of the molecule is CN/C=C(/C)c1ccccc1C. The highest BCUT2D eigenvalue weighted by molar-refractivity contribution is 5.65. The molecule has 64 valence electrons. The van der Waals surface area contributed by atoms with Crippen molar-refractivity contribution >= 4 is 5.57 Å². The number of benzene rings is 1. The molecule has 1 aromatic carbocycles. The summed E-state index contributed by atoms with van der Waals surface area (Å²) in [6, 6.07) is 8.39. The topological polar surface area (TPSA) is 12.0 Å². The summed E-state index contributed by atoms with van der Waals surface area (Å²) >= 11 is 0. The summed E-state index contributed by atoms with van der Waals surface area (Å²) < 4.78 is 0. The summed E-state index contributed by atoms with van der Waals surface area (Å²) in [6.45, 7) is 4.24. The molecule has 0 bridgehead atoms. The smallest absolute Gasteiger partial charge is 0.00278 e. The average molecular weight is 161 g/mol. The first-order valence-corrected chi connectivity index (χ1v) is 4.15. The van der Waals surface area contributed by atoms with Crippen LogP contribution in [0, 0.1) is 6.92 Å². The maximum absolute atomic E-state index is 3.03. The molecule has 1 rings (SSSR count). The third kappa shape index (κ3) is 1.88. The molecule has 0 unspecified atom stereocenters. The van der Waals surface area contributed by atoms with Crippen LogP contribution in [0.25, 0.3) is 5.57 Å². The lowest BCUT2D eigenvalue weighted by Gasteiger charge is -2.04. The summed E-state index contributed by atoms with van der Waals surface area (Å²) in [6.07, 6.45) is 2.02. The zero-order chi connectivity index (χ0) is 8.97. The van der Waals surface area contributed by atoms with Gasteiger partial charge in [0.05, 0.1) is 0 Å². The van der Waals surface area contributed by atoms with Crippen LogP contribution in [-0.2, 0) is 0 Å². The molecule has 0 aromatic heterocycles. The highest BCUT2D eigenvalue weighted by atomic mass is 14.8. The minimum absolute atomic E-state index is 1.27. The summed E-state index contributed by atoms with van der Waals surface area (Å²) in [7, 11) is 1.92. The lowest BCUT2D eigenvalue weighted by molar-refractivity contribution is 1.10. The Kier molecular flexibility index (Phi) is 2.92. The summed E-state index contributed by atoms with van der Waals surface area (Å²) in [5.74, 6) is 0. The van der Waals surface area contributed by atoms with Gasteiger partial charge in [0.2, 0.25) is 0 Å². The molecule has 0 fully saturated rings. The second kappa shape index (κ2) is 3.96. The van der Waals surface area contributed by atoms with E-state index in [2.05, 4.69) is 43.4 Å². The van der Waals surface area contributed by atoms with Gasteiger partial charge in [0.15, 0.2) is 0 Å².